The third-order valence-electron chi connectivity index (χ3n) is 6.71. The topological polar surface area (TPSA) is 110 Å². The minimum atomic E-state index is -0.454. The van der Waals surface area contributed by atoms with E-state index in [1.165, 1.54) is 11.0 Å². The number of pyridine rings is 1. The van der Waals surface area contributed by atoms with Crippen molar-refractivity contribution in [2.24, 2.45) is 0 Å². The second kappa shape index (κ2) is 14.7. The van der Waals surface area contributed by atoms with E-state index in [2.05, 4.69) is 15.6 Å². The van der Waals surface area contributed by atoms with Crippen LogP contribution in [0.2, 0.25) is 10.0 Å². The first-order valence-corrected chi connectivity index (χ1v) is 14.6. The first-order valence-electron chi connectivity index (χ1n) is 13.8. The maximum atomic E-state index is 12.9. The number of nitrogens with zero attached hydrogens (tertiary/aromatic N) is 2. The molecule has 0 fully saturated rings. The quantitative estimate of drug-likeness (QED) is 0.196. The molecule has 4 aromatic rings. The van der Waals surface area contributed by atoms with Crippen molar-refractivity contribution >= 4 is 63.6 Å². The first-order chi connectivity index (χ1) is 21.1. The smallest absolute Gasteiger partial charge is 0.251 e. The summed E-state index contributed by atoms with van der Waals surface area (Å²) in [5.74, 6) is 0.208. The fraction of sp³-hybridized carbons (Fsp3) is 0.212. The molecule has 11 heteroatoms. The second-order valence-corrected chi connectivity index (χ2v) is 10.5. The number of fused-ring (bicyclic) bond motifs is 1. The predicted octanol–water partition coefficient (Wildman–Crippen LogP) is 5.98. The molecule has 0 aliphatic carbocycles. The Labute approximate surface area is 265 Å². The summed E-state index contributed by atoms with van der Waals surface area (Å²) in [6.45, 7) is 4.09. The summed E-state index contributed by atoms with van der Waals surface area (Å²) in [6.07, 6.45) is 2.90. The summed E-state index contributed by atoms with van der Waals surface area (Å²) >= 11 is 13.2. The van der Waals surface area contributed by atoms with Crippen LogP contribution >= 0.6 is 23.2 Å². The highest BCUT2D eigenvalue weighted by Gasteiger charge is 2.20. The van der Waals surface area contributed by atoms with E-state index in [1.807, 2.05) is 38.1 Å². The van der Waals surface area contributed by atoms with Gasteiger partial charge >= 0.3 is 0 Å². The molecule has 0 saturated carbocycles. The number of halogens is 2. The average Bonchev–Trinajstić information content (AvgIpc) is 3.02. The van der Waals surface area contributed by atoms with Crippen molar-refractivity contribution in [3.63, 3.8) is 0 Å². The number of carbonyl (C=O) groups excluding carboxylic acids is 3. The molecular formula is C33H32Cl2N4O5. The van der Waals surface area contributed by atoms with E-state index in [4.69, 9.17) is 32.7 Å². The van der Waals surface area contributed by atoms with Crippen molar-refractivity contribution in [1.82, 2.24) is 15.6 Å². The SMILES string of the molecule is CCOc1cc(C)nc2c(OCc3c(Cl)ccc(N(C)C(=O)CNC(=O)/C=C/c4ccc(C(=O)NC)cc4)c3Cl)cccc12. The maximum absolute atomic E-state index is 12.9. The van der Waals surface area contributed by atoms with E-state index >= 15 is 0 Å². The van der Waals surface area contributed by atoms with Crippen LogP contribution in [0.15, 0.2) is 66.7 Å². The predicted molar refractivity (Wildman–Crippen MR) is 174 cm³/mol. The van der Waals surface area contributed by atoms with Gasteiger partial charge in [-0.25, -0.2) is 4.98 Å². The van der Waals surface area contributed by atoms with Crippen LogP contribution in [0.4, 0.5) is 5.69 Å². The number of ether oxygens (including phenoxy) is 2. The van der Waals surface area contributed by atoms with Gasteiger partial charge < -0.3 is 25.0 Å². The molecule has 1 aromatic heterocycles. The van der Waals surface area contributed by atoms with Gasteiger partial charge in [0.2, 0.25) is 11.8 Å². The van der Waals surface area contributed by atoms with Gasteiger partial charge in [0.1, 0.15) is 23.6 Å². The molecule has 0 unspecified atom stereocenters. The number of aryl methyl sites for hydroxylation is 1. The highest BCUT2D eigenvalue weighted by atomic mass is 35.5. The van der Waals surface area contributed by atoms with Crippen molar-refractivity contribution in [2.45, 2.75) is 20.5 Å². The van der Waals surface area contributed by atoms with E-state index in [-0.39, 0.29) is 24.1 Å². The van der Waals surface area contributed by atoms with Crippen LogP contribution in [-0.4, -0.2) is 50.0 Å². The molecule has 228 valence electrons. The van der Waals surface area contributed by atoms with Crippen LogP contribution in [0.1, 0.15) is 34.1 Å². The standard InChI is InChI=1S/C33H32Cl2N4O5/c1-5-43-28-17-20(2)38-32-23(28)7-6-8-27(32)44-19-24-25(34)14-15-26(31(24)35)39(4)30(41)18-37-29(40)16-11-21-9-12-22(13-10-21)33(42)36-3/h6-17H,5,18-19H2,1-4H3,(H,36,42)(H,37,40)/b16-11+. The van der Waals surface area contributed by atoms with Crippen molar-refractivity contribution in [3.8, 4) is 11.5 Å². The Hall–Kier alpha value is -4.60. The normalized spacial score (nSPS) is 11.0. The highest BCUT2D eigenvalue weighted by Crippen LogP contribution is 2.36. The van der Waals surface area contributed by atoms with Crippen LogP contribution in [0.25, 0.3) is 17.0 Å². The lowest BCUT2D eigenvalue weighted by Gasteiger charge is -2.21. The van der Waals surface area contributed by atoms with E-state index < -0.39 is 11.8 Å². The molecule has 4 rings (SSSR count). The van der Waals surface area contributed by atoms with Crippen molar-refractivity contribution in [3.05, 3.63) is 99.2 Å². The fourth-order valence-corrected chi connectivity index (χ4v) is 4.97. The first kappa shape index (κ1) is 32.3. The molecule has 0 atom stereocenters. The molecule has 0 aliphatic heterocycles. The molecule has 0 saturated heterocycles. The van der Waals surface area contributed by atoms with Gasteiger partial charge in [-0.3, -0.25) is 14.4 Å². The monoisotopic (exact) mass is 634 g/mol. The number of nitrogens with one attached hydrogen (secondary N) is 2. The average molecular weight is 636 g/mol. The number of hydrogen-bond donors (Lipinski definition) is 2. The van der Waals surface area contributed by atoms with Crippen LogP contribution in [0, 0.1) is 6.92 Å². The number of aromatic nitrogens is 1. The van der Waals surface area contributed by atoms with Gasteiger partial charge in [0, 0.05) is 53.5 Å². The van der Waals surface area contributed by atoms with Crippen LogP contribution in [0.5, 0.6) is 11.5 Å². The van der Waals surface area contributed by atoms with Crippen molar-refractivity contribution in [2.75, 3.05) is 32.1 Å². The molecule has 3 amide bonds. The van der Waals surface area contributed by atoms with Gasteiger partial charge in [0.25, 0.3) is 5.91 Å². The largest absolute Gasteiger partial charge is 0.493 e. The summed E-state index contributed by atoms with van der Waals surface area (Å²) < 4.78 is 11.9. The van der Waals surface area contributed by atoms with E-state index in [9.17, 15) is 14.4 Å². The number of hydrogen-bond acceptors (Lipinski definition) is 6. The molecule has 2 N–H and O–H groups in total. The zero-order valence-electron chi connectivity index (χ0n) is 24.7. The lowest BCUT2D eigenvalue weighted by molar-refractivity contribution is -0.122. The zero-order chi connectivity index (χ0) is 31.8. The lowest BCUT2D eigenvalue weighted by Crippen LogP contribution is -2.37. The second-order valence-electron chi connectivity index (χ2n) is 9.70. The number of benzene rings is 3. The third kappa shape index (κ3) is 7.67. The summed E-state index contributed by atoms with van der Waals surface area (Å²) in [5, 5.41) is 6.57. The van der Waals surface area contributed by atoms with Crippen molar-refractivity contribution < 1.29 is 23.9 Å². The number of amides is 3. The molecule has 0 radical (unpaired) electrons. The lowest BCUT2D eigenvalue weighted by atomic mass is 10.1. The number of para-hydroxylation sites is 1. The van der Waals surface area contributed by atoms with Gasteiger partial charge in [-0.1, -0.05) is 41.4 Å². The Kier molecular flexibility index (Phi) is 10.8. The Morgan fingerprint density at radius 3 is 2.45 bits per heavy atom. The summed E-state index contributed by atoms with van der Waals surface area (Å²) in [5.41, 5.74) is 3.57. The molecular weight excluding hydrogens is 603 g/mol. The van der Waals surface area contributed by atoms with Gasteiger partial charge in [-0.2, -0.15) is 0 Å². The van der Waals surface area contributed by atoms with E-state index in [1.54, 1.807) is 56.6 Å². The van der Waals surface area contributed by atoms with Crippen LogP contribution in [-0.2, 0) is 16.2 Å². The molecule has 0 bridgehead atoms. The Bertz CT molecular complexity index is 1720. The molecule has 3 aromatic carbocycles. The van der Waals surface area contributed by atoms with Crippen LogP contribution < -0.4 is 25.0 Å². The summed E-state index contributed by atoms with van der Waals surface area (Å²) in [7, 11) is 3.11. The number of carbonyl (C=O) groups is 3. The van der Waals surface area contributed by atoms with Gasteiger partial charge in [0.05, 0.1) is 23.9 Å². The number of anilines is 1. The zero-order valence-corrected chi connectivity index (χ0v) is 26.3. The van der Waals surface area contributed by atoms with E-state index in [0.29, 0.717) is 39.7 Å². The third-order valence-corrected chi connectivity index (χ3v) is 7.48. The Morgan fingerprint density at radius 2 is 1.75 bits per heavy atom. The number of likely N-dealkylation sites (N-methyl/N-ethyl adjacent to an activating group) is 1. The summed E-state index contributed by atoms with van der Waals surface area (Å²) in [4.78, 5) is 43.0. The van der Waals surface area contributed by atoms with Gasteiger partial charge in [0.15, 0.2) is 0 Å². The van der Waals surface area contributed by atoms with Crippen molar-refractivity contribution in [1.29, 1.82) is 0 Å². The Morgan fingerprint density at radius 1 is 1.00 bits per heavy atom. The highest BCUT2D eigenvalue weighted by molar-refractivity contribution is 6.38. The molecule has 9 nitrogen and oxygen atoms in total. The van der Waals surface area contributed by atoms with E-state index in [0.717, 1.165) is 22.4 Å². The van der Waals surface area contributed by atoms with Gasteiger partial charge in [-0.15, -0.1) is 0 Å². The summed E-state index contributed by atoms with van der Waals surface area (Å²) in [6, 6.07) is 17.5. The Balaban J connectivity index is 1.42. The molecule has 0 aliphatic rings. The maximum Gasteiger partial charge on any atom is 0.251 e. The van der Waals surface area contributed by atoms with Gasteiger partial charge in [-0.05, 0) is 61.9 Å². The number of rotatable bonds is 11. The minimum Gasteiger partial charge on any atom is -0.493 e. The minimum absolute atomic E-state index is 0.0257. The molecule has 1 heterocycles. The fourth-order valence-electron chi connectivity index (χ4n) is 4.37. The molecule has 44 heavy (non-hydrogen) atoms. The van der Waals surface area contributed by atoms with Crippen LogP contribution in [0.3, 0.4) is 0 Å². The molecule has 0 spiro atoms.